The van der Waals surface area contributed by atoms with Gasteiger partial charge in [0.15, 0.2) is 0 Å². The summed E-state index contributed by atoms with van der Waals surface area (Å²) < 4.78 is 15.4. The fourth-order valence-corrected chi connectivity index (χ4v) is 2.87. The molecule has 2 aromatic carbocycles. The molecule has 3 aromatic rings. The summed E-state index contributed by atoms with van der Waals surface area (Å²) in [5.41, 5.74) is -1.31. The molecule has 1 aromatic heterocycles. The molecular formula is C21H20ClFN4O3. The number of amides is 1. The third kappa shape index (κ3) is 4.83. The minimum atomic E-state index is -0.851. The molecule has 1 N–H and O–H groups in total. The fourth-order valence-electron chi connectivity index (χ4n) is 2.75. The molecule has 0 radical (unpaired) electrons. The van der Waals surface area contributed by atoms with Crippen LogP contribution in [-0.2, 0) is 6.54 Å². The Morgan fingerprint density at radius 1 is 1.17 bits per heavy atom. The first kappa shape index (κ1) is 21.4. The van der Waals surface area contributed by atoms with Gasteiger partial charge in [-0.15, -0.1) is 0 Å². The van der Waals surface area contributed by atoms with Crippen molar-refractivity contribution in [2.24, 2.45) is 5.92 Å². The lowest BCUT2D eigenvalue weighted by Gasteiger charge is -2.13. The van der Waals surface area contributed by atoms with Crippen LogP contribution in [0.1, 0.15) is 29.9 Å². The van der Waals surface area contributed by atoms with E-state index in [2.05, 4.69) is 10.4 Å². The second kappa shape index (κ2) is 9.04. The molecule has 30 heavy (non-hydrogen) atoms. The highest BCUT2D eigenvalue weighted by Crippen LogP contribution is 2.11. The van der Waals surface area contributed by atoms with Gasteiger partial charge >= 0.3 is 5.69 Å². The van der Waals surface area contributed by atoms with E-state index in [4.69, 9.17) is 11.6 Å². The number of rotatable bonds is 6. The van der Waals surface area contributed by atoms with Gasteiger partial charge in [0.1, 0.15) is 5.82 Å². The summed E-state index contributed by atoms with van der Waals surface area (Å²) in [6.07, 6.45) is 0. The van der Waals surface area contributed by atoms with Crippen molar-refractivity contribution in [2.45, 2.75) is 20.4 Å². The summed E-state index contributed by atoms with van der Waals surface area (Å²) >= 11 is 5.91. The zero-order valence-electron chi connectivity index (χ0n) is 16.4. The first-order valence-electron chi connectivity index (χ1n) is 9.29. The first-order chi connectivity index (χ1) is 14.3. The van der Waals surface area contributed by atoms with Gasteiger partial charge in [0, 0.05) is 11.6 Å². The van der Waals surface area contributed by atoms with E-state index in [0.29, 0.717) is 22.8 Å². The topological polar surface area (TPSA) is 86.0 Å². The molecule has 0 saturated carbocycles. The van der Waals surface area contributed by atoms with Crippen LogP contribution >= 0.6 is 11.6 Å². The Labute approximate surface area is 176 Å². The molecule has 1 heterocycles. The van der Waals surface area contributed by atoms with Gasteiger partial charge in [0.2, 0.25) is 5.69 Å². The van der Waals surface area contributed by atoms with Crippen molar-refractivity contribution in [3.63, 3.8) is 0 Å². The highest BCUT2D eigenvalue weighted by atomic mass is 35.5. The second-order valence-corrected chi connectivity index (χ2v) is 7.58. The van der Waals surface area contributed by atoms with Gasteiger partial charge in [-0.25, -0.2) is 9.18 Å². The SMILES string of the molecule is CC(C)CNC(=O)c1nn(-c2ccc(Cl)cc2)c(=O)n(Cc2cccc(F)c2)c1=O. The highest BCUT2D eigenvalue weighted by Gasteiger charge is 2.20. The molecule has 0 aliphatic carbocycles. The molecule has 0 fully saturated rings. The number of carbonyl (C=O) groups excluding carboxylic acids is 1. The predicted octanol–water partition coefficient (Wildman–Crippen LogP) is 2.62. The van der Waals surface area contributed by atoms with E-state index >= 15 is 0 Å². The molecular weight excluding hydrogens is 411 g/mol. The number of carbonyl (C=O) groups is 1. The van der Waals surface area contributed by atoms with Crippen molar-refractivity contribution in [1.29, 1.82) is 0 Å². The smallest absolute Gasteiger partial charge is 0.350 e. The lowest BCUT2D eigenvalue weighted by Crippen LogP contribution is -2.46. The van der Waals surface area contributed by atoms with Crippen molar-refractivity contribution in [3.05, 3.63) is 91.5 Å². The van der Waals surface area contributed by atoms with Gasteiger partial charge in [0.25, 0.3) is 11.5 Å². The quantitative estimate of drug-likeness (QED) is 0.651. The molecule has 0 aliphatic rings. The van der Waals surface area contributed by atoms with Crippen LogP contribution in [0.5, 0.6) is 0 Å². The summed E-state index contributed by atoms with van der Waals surface area (Å²) in [4.78, 5) is 38.5. The van der Waals surface area contributed by atoms with E-state index in [-0.39, 0.29) is 12.5 Å². The number of hydrogen-bond donors (Lipinski definition) is 1. The molecule has 3 rings (SSSR count). The number of hydrogen-bond acceptors (Lipinski definition) is 4. The fraction of sp³-hybridized carbons (Fsp3) is 0.238. The molecule has 0 atom stereocenters. The van der Waals surface area contributed by atoms with E-state index in [1.807, 2.05) is 13.8 Å². The van der Waals surface area contributed by atoms with Crippen LogP contribution in [0.4, 0.5) is 4.39 Å². The van der Waals surface area contributed by atoms with Gasteiger partial charge in [0.05, 0.1) is 12.2 Å². The van der Waals surface area contributed by atoms with Crippen LogP contribution in [0.15, 0.2) is 58.1 Å². The average molecular weight is 431 g/mol. The average Bonchev–Trinajstić information content (AvgIpc) is 2.70. The minimum absolute atomic E-state index is 0.158. The molecule has 9 heteroatoms. The maximum Gasteiger partial charge on any atom is 0.352 e. The summed E-state index contributed by atoms with van der Waals surface area (Å²) in [5, 5.41) is 7.10. The molecule has 0 spiro atoms. The Hall–Kier alpha value is -3.26. The van der Waals surface area contributed by atoms with Crippen molar-refractivity contribution in [1.82, 2.24) is 19.7 Å². The summed E-state index contributed by atoms with van der Waals surface area (Å²) in [6.45, 7) is 3.94. The largest absolute Gasteiger partial charge is 0.352 e. The van der Waals surface area contributed by atoms with Crippen molar-refractivity contribution in [3.8, 4) is 5.69 Å². The lowest BCUT2D eigenvalue weighted by atomic mass is 10.2. The van der Waals surface area contributed by atoms with E-state index < -0.39 is 28.7 Å². The van der Waals surface area contributed by atoms with Crippen LogP contribution in [0.3, 0.4) is 0 Å². The number of nitrogens with one attached hydrogen (secondary N) is 1. The molecule has 0 bridgehead atoms. The normalized spacial score (nSPS) is 11.0. The van der Waals surface area contributed by atoms with E-state index in [0.717, 1.165) is 9.25 Å². The Balaban J connectivity index is 2.16. The van der Waals surface area contributed by atoms with Crippen LogP contribution in [0.25, 0.3) is 5.69 Å². The van der Waals surface area contributed by atoms with Crippen molar-refractivity contribution < 1.29 is 9.18 Å². The van der Waals surface area contributed by atoms with Gasteiger partial charge in [-0.2, -0.15) is 9.78 Å². The second-order valence-electron chi connectivity index (χ2n) is 7.14. The summed E-state index contributed by atoms with van der Waals surface area (Å²) in [5.74, 6) is -1.03. The first-order valence-corrected chi connectivity index (χ1v) is 9.67. The van der Waals surface area contributed by atoms with E-state index in [1.165, 1.54) is 18.2 Å². The van der Waals surface area contributed by atoms with Crippen LogP contribution in [0.2, 0.25) is 5.02 Å². The number of halogens is 2. The van der Waals surface area contributed by atoms with Crippen molar-refractivity contribution >= 4 is 17.5 Å². The molecule has 7 nitrogen and oxygen atoms in total. The van der Waals surface area contributed by atoms with Gasteiger partial charge in [-0.1, -0.05) is 37.6 Å². The van der Waals surface area contributed by atoms with Crippen LogP contribution < -0.4 is 16.6 Å². The monoisotopic (exact) mass is 430 g/mol. The maximum absolute atomic E-state index is 13.6. The van der Waals surface area contributed by atoms with Crippen LogP contribution in [-0.4, -0.2) is 26.8 Å². The predicted molar refractivity (Wildman–Crippen MR) is 112 cm³/mol. The molecule has 0 saturated heterocycles. The van der Waals surface area contributed by atoms with E-state index in [1.54, 1.807) is 30.3 Å². The number of nitrogens with zero attached hydrogens (tertiary/aromatic N) is 3. The van der Waals surface area contributed by atoms with Gasteiger partial charge in [-0.3, -0.25) is 14.2 Å². The third-order valence-electron chi connectivity index (χ3n) is 4.25. The zero-order valence-corrected chi connectivity index (χ0v) is 17.2. The standard InChI is InChI=1S/C21H20ClFN4O3/c1-13(2)11-24-19(28)18-20(29)26(12-14-4-3-5-16(23)10-14)21(30)27(25-18)17-8-6-15(22)7-9-17/h3-10,13H,11-12H2,1-2H3,(H,24,28). The molecule has 0 aliphatic heterocycles. The van der Waals surface area contributed by atoms with Gasteiger partial charge < -0.3 is 5.32 Å². The third-order valence-corrected chi connectivity index (χ3v) is 4.50. The van der Waals surface area contributed by atoms with Crippen molar-refractivity contribution in [2.75, 3.05) is 6.54 Å². The maximum atomic E-state index is 13.6. The molecule has 156 valence electrons. The summed E-state index contributed by atoms with van der Waals surface area (Å²) in [7, 11) is 0. The number of aromatic nitrogens is 3. The van der Waals surface area contributed by atoms with E-state index in [9.17, 15) is 18.8 Å². The Morgan fingerprint density at radius 3 is 2.50 bits per heavy atom. The number of benzene rings is 2. The lowest BCUT2D eigenvalue weighted by molar-refractivity contribution is 0.0939. The Kier molecular flexibility index (Phi) is 6.47. The van der Waals surface area contributed by atoms with Crippen LogP contribution in [0, 0.1) is 11.7 Å². The Bertz CT molecular complexity index is 1190. The molecule has 0 unspecified atom stereocenters. The Morgan fingerprint density at radius 2 is 1.87 bits per heavy atom. The summed E-state index contributed by atoms with van der Waals surface area (Å²) in [6, 6.07) is 11.8. The molecule has 1 amide bonds. The highest BCUT2D eigenvalue weighted by molar-refractivity contribution is 6.30. The van der Waals surface area contributed by atoms with Gasteiger partial charge in [-0.05, 0) is 47.9 Å². The minimum Gasteiger partial charge on any atom is -0.350 e. The zero-order chi connectivity index (χ0) is 21.8.